The van der Waals surface area contributed by atoms with Gasteiger partial charge in [0, 0.05) is 0 Å². The molecule has 88 valence electrons. The van der Waals surface area contributed by atoms with E-state index in [0.29, 0.717) is 12.0 Å². The Labute approximate surface area is 92.9 Å². The van der Waals surface area contributed by atoms with Crippen LogP contribution >= 0.6 is 11.6 Å². The van der Waals surface area contributed by atoms with Crippen LogP contribution < -0.4 is 0 Å². The van der Waals surface area contributed by atoms with Crippen LogP contribution in [0.15, 0.2) is 0 Å². The maximum absolute atomic E-state index is 9.16. The van der Waals surface area contributed by atoms with Crippen molar-refractivity contribution in [3.05, 3.63) is 0 Å². The third-order valence-corrected chi connectivity index (χ3v) is 2.92. The van der Waals surface area contributed by atoms with Gasteiger partial charge in [0.25, 0.3) is 0 Å². The molecule has 3 heterocycles. The van der Waals surface area contributed by atoms with Gasteiger partial charge in [-0.05, 0) is 0 Å². The normalized spacial score (nSPS) is 47.0. The minimum Gasteiger partial charge on any atom is -0.388 e. The van der Waals surface area contributed by atoms with Crippen molar-refractivity contribution in [1.82, 2.24) is 0 Å². The van der Waals surface area contributed by atoms with Crippen molar-refractivity contribution >= 4 is 11.6 Å². The molecule has 0 amide bonds. The summed E-state index contributed by atoms with van der Waals surface area (Å²) in [6.45, 7) is 1.45. The van der Waals surface area contributed by atoms with Gasteiger partial charge < -0.3 is 24.4 Å². The van der Waals surface area contributed by atoms with Gasteiger partial charge in [-0.15, -0.1) is 11.6 Å². The maximum Gasteiger partial charge on any atom is 0.114 e. The summed E-state index contributed by atoms with van der Waals surface area (Å²) >= 11 is 5.27. The number of hydrogen-bond acceptors (Lipinski definition) is 5. The second-order valence-electron chi connectivity index (χ2n) is 3.84. The van der Waals surface area contributed by atoms with Crippen LogP contribution in [0, 0.1) is 0 Å². The van der Waals surface area contributed by atoms with Gasteiger partial charge in [-0.3, -0.25) is 0 Å². The Balaban J connectivity index is 0.000000144. The van der Waals surface area contributed by atoms with Crippen molar-refractivity contribution in [3.63, 3.8) is 0 Å². The van der Waals surface area contributed by atoms with Gasteiger partial charge in [-0.25, -0.2) is 0 Å². The lowest BCUT2D eigenvalue weighted by Crippen LogP contribution is -2.30. The number of rotatable bonds is 1. The van der Waals surface area contributed by atoms with Crippen molar-refractivity contribution in [3.8, 4) is 0 Å². The van der Waals surface area contributed by atoms with Crippen LogP contribution in [0.4, 0.5) is 0 Å². The summed E-state index contributed by atoms with van der Waals surface area (Å²) < 4.78 is 14.9. The second kappa shape index (κ2) is 4.95. The van der Waals surface area contributed by atoms with E-state index in [-0.39, 0.29) is 25.4 Å². The van der Waals surface area contributed by atoms with E-state index in [4.69, 9.17) is 36.0 Å². The minimum atomic E-state index is -0.554. The van der Waals surface area contributed by atoms with Gasteiger partial charge in [0.05, 0.1) is 31.8 Å². The zero-order valence-electron chi connectivity index (χ0n) is 8.21. The molecule has 0 radical (unpaired) electrons. The van der Waals surface area contributed by atoms with E-state index in [1.54, 1.807) is 0 Å². The van der Waals surface area contributed by atoms with E-state index < -0.39 is 12.2 Å². The Morgan fingerprint density at radius 1 is 0.933 bits per heavy atom. The van der Waals surface area contributed by atoms with Gasteiger partial charge >= 0.3 is 0 Å². The average molecular weight is 239 g/mol. The molecule has 0 saturated carbocycles. The van der Waals surface area contributed by atoms with Crippen LogP contribution in [-0.4, -0.2) is 66.4 Å². The van der Waals surface area contributed by atoms with Gasteiger partial charge in [0.1, 0.15) is 24.4 Å². The number of halogens is 1. The highest BCUT2D eigenvalue weighted by atomic mass is 35.5. The van der Waals surface area contributed by atoms with Gasteiger partial charge in [0.2, 0.25) is 0 Å². The van der Waals surface area contributed by atoms with Crippen LogP contribution in [0.3, 0.4) is 0 Å². The molecule has 3 saturated heterocycles. The summed E-state index contributed by atoms with van der Waals surface area (Å²) in [7, 11) is 0. The van der Waals surface area contributed by atoms with Crippen molar-refractivity contribution in [2.24, 2.45) is 0 Å². The smallest absolute Gasteiger partial charge is 0.114 e. The number of fused-ring (bicyclic) bond motifs is 1. The third kappa shape index (κ3) is 2.81. The molecule has 6 heteroatoms. The zero-order chi connectivity index (χ0) is 10.8. The number of epoxide rings is 1. The SMILES string of the molecule is ClCC1CO1.OC1COC2C(O)COC12. The molecule has 3 aliphatic rings. The van der Waals surface area contributed by atoms with Crippen molar-refractivity contribution in [1.29, 1.82) is 0 Å². The molecule has 3 rings (SSSR count). The lowest BCUT2D eigenvalue weighted by molar-refractivity contribution is 0.00205. The Bertz CT molecular complexity index is 195. The van der Waals surface area contributed by atoms with Crippen LogP contribution in [0.1, 0.15) is 0 Å². The summed E-state index contributed by atoms with van der Waals surface area (Å²) in [5.74, 6) is 0.667. The quantitative estimate of drug-likeness (QED) is 0.459. The number of aliphatic hydroxyl groups is 2. The van der Waals surface area contributed by atoms with E-state index >= 15 is 0 Å². The average Bonchev–Trinajstić information content (AvgIpc) is 2.92. The number of ether oxygens (including phenoxy) is 3. The second-order valence-corrected chi connectivity index (χ2v) is 4.15. The number of alkyl halides is 1. The molecule has 3 fully saturated rings. The minimum absolute atomic E-state index is 0.284. The molecule has 3 aliphatic heterocycles. The molecule has 15 heavy (non-hydrogen) atoms. The maximum atomic E-state index is 9.16. The van der Waals surface area contributed by atoms with Crippen molar-refractivity contribution in [2.45, 2.75) is 30.5 Å². The summed E-state index contributed by atoms with van der Waals surface area (Å²) in [6, 6.07) is 0. The van der Waals surface area contributed by atoms with Crippen molar-refractivity contribution < 1.29 is 24.4 Å². The Kier molecular flexibility index (Phi) is 3.82. The predicted molar refractivity (Wildman–Crippen MR) is 52.0 cm³/mol. The summed E-state index contributed by atoms with van der Waals surface area (Å²) in [5.41, 5.74) is 0. The van der Waals surface area contributed by atoms with E-state index in [1.807, 2.05) is 0 Å². The van der Waals surface area contributed by atoms with Crippen LogP contribution in [0.2, 0.25) is 0 Å². The van der Waals surface area contributed by atoms with Crippen LogP contribution in [0.25, 0.3) is 0 Å². The fourth-order valence-corrected chi connectivity index (χ4v) is 1.79. The summed E-state index contributed by atoms with van der Waals surface area (Å²) in [6.07, 6.45) is -1.30. The lowest BCUT2D eigenvalue weighted by Gasteiger charge is -2.09. The highest BCUT2D eigenvalue weighted by Crippen LogP contribution is 2.26. The third-order valence-electron chi connectivity index (χ3n) is 2.58. The van der Waals surface area contributed by atoms with E-state index in [2.05, 4.69) is 0 Å². The lowest BCUT2D eigenvalue weighted by atomic mass is 10.1. The first kappa shape index (κ1) is 11.6. The first-order valence-electron chi connectivity index (χ1n) is 4.99. The first-order chi connectivity index (χ1) is 7.22. The standard InChI is InChI=1S/C6H10O4.C3H5ClO/c7-3-1-9-6-4(8)2-10-5(3)6;4-1-3-2-5-3/h3-8H,1-2H2;3H,1-2H2. The van der Waals surface area contributed by atoms with E-state index in [1.165, 1.54) is 0 Å². The van der Waals surface area contributed by atoms with E-state index in [0.717, 1.165) is 6.61 Å². The molecule has 0 aromatic heterocycles. The van der Waals surface area contributed by atoms with Gasteiger partial charge in [0.15, 0.2) is 0 Å². The largest absolute Gasteiger partial charge is 0.388 e. The molecular weight excluding hydrogens is 224 g/mol. The zero-order valence-corrected chi connectivity index (χ0v) is 8.97. The Hall–Kier alpha value is 0.0900. The number of aliphatic hydroxyl groups excluding tert-OH is 2. The molecule has 0 aliphatic carbocycles. The monoisotopic (exact) mass is 238 g/mol. The van der Waals surface area contributed by atoms with Crippen LogP contribution in [-0.2, 0) is 14.2 Å². The summed E-state index contributed by atoms with van der Waals surface area (Å²) in [5, 5.41) is 18.3. The van der Waals surface area contributed by atoms with Gasteiger partial charge in [-0.1, -0.05) is 0 Å². The molecule has 0 spiro atoms. The highest BCUT2D eigenvalue weighted by Gasteiger charge is 2.46. The molecule has 5 nitrogen and oxygen atoms in total. The molecule has 5 unspecified atom stereocenters. The molecule has 2 N–H and O–H groups in total. The molecule has 5 atom stereocenters. The molecular formula is C9H15ClO5. The summed E-state index contributed by atoms with van der Waals surface area (Å²) in [4.78, 5) is 0. The molecule has 0 aromatic rings. The van der Waals surface area contributed by atoms with Crippen LogP contribution in [0.5, 0.6) is 0 Å². The van der Waals surface area contributed by atoms with Crippen molar-refractivity contribution in [2.75, 3.05) is 25.7 Å². The first-order valence-corrected chi connectivity index (χ1v) is 5.52. The van der Waals surface area contributed by atoms with Gasteiger partial charge in [-0.2, -0.15) is 0 Å². The molecule has 0 bridgehead atoms. The molecule has 0 aromatic carbocycles. The predicted octanol–water partition coefficient (Wildman–Crippen LogP) is -0.870. The Morgan fingerprint density at radius 3 is 1.67 bits per heavy atom. The topological polar surface area (TPSA) is 71.5 Å². The fourth-order valence-electron chi connectivity index (χ4n) is 1.62. The number of hydrogen-bond donors (Lipinski definition) is 2. The highest BCUT2D eigenvalue weighted by molar-refractivity contribution is 6.18. The fraction of sp³-hybridized carbons (Fsp3) is 1.00. The van der Waals surface area contributed by atoms with E-state index in [9.17, 15) is 0 Å². The Morgan fingerprint density at radius 2 is 1.40 bits per heavy atom.